The Morgan fingerprint density at radius 2 is 0.635 bits per heavy atom. The summed E-state index contributed by atoms with van der Waals surface area (Å²) < 4.78 is 49.7. The van der Waals surface area contributed by atoms with Crippen molar-refractivity contribution in [1.29, 1.82) is 0 Å². The van der Waals surface area contributed by atoms with Crippen LogP contribution < -0.4 is 31.8 Å². The maximum atomic E-state index is 16.6. The van der Waals surface area contributed by atoms with Crippen LogP contribution in [-0.2, 0) is 39.9 Å². The number of rotatable bonds is 9. The molecule has 6 aromatic carbocycles. The standard InChI is InChI=1S/C37H31O3P3.C5H6P.2ClH.Zr/c38-41(31-19-7-1-8-20-31,32-21-9-2-10-22-32)37(42(39,33-23-11-3-12-24-33)34-25-13-4-14-26-34)43(40,35-27-15-5-16-28-35)36-29-17-6-18-30-36;1-5-3-2-4-6-5;;;/h1-30,37H;2,4,6H,1H3;2*1H;/q;-1;;;. The molecule has 0 bridgehead atoms. The Balaban J connectivity index is 0.000000738. The van der Waals surface area contributed by atoms with E-state index in [1.54, 1.807) is 0 Å². The van der Waals surface area contributed by atoms with Gasteiger partial charge in [0.1, 0.15) is 5.14 Å². The monoisotopic (exact) mass is 875 g/mol. The van der Waals surface area contributed by atoms with Gasteiger partial charge < -0.3 is 13.7 Å². The summed E-state index contributed by atoms with van der Waals surface area (Å²) in [4.78, 5) is 0. The van der Waals surface area contributed by atoms with Gasteiger partial charge in [-0.1, -0.05) is 189 Å². The molecule has 7 rings (SSSR count). The number of benzene rings is 6. The maximum absolute atomic E-state index is 16.6. The van der Waals surface area contributed by atoms with Gasteiger partial charge in [-0.25, -0.2) is 20.3 Å². The van der Waals surface area contributed by atoms with Crippen molar-refractivity contribution in [2.24, 2.45) is 0 Å². The third-order valence-electron chi connectivity index (χ3n) is 8.50. The molecule has 0 aliphatic rings. The number of hydrogen-bond donors (Lipinski definition) is 0. The SMILES string of the molecule is Cc1[c-]cc[pH]1.Cl.Cl.O=P(c1ccccc1)(c1ccccc1)C(P(=O)(c1ccccc1)c1ccccc1)P(=O)(c1ccccc1)c1ccccc1.[Zr]. The van der Waals surface area contributed by atoms with Crippen LogP contribution in [0.5, 0.6) is 0 Å². The molecule has 3 nitrogen and oxygen atoms in total. The summed E-state index contributed by atoms with van der Waals surface area (Å²) in [5.74, 6) is 2.13. The zero-order valence-corrected chi connectivity index (χ0v) is 36.2. The van der Waals surface area contributed by atoms with Gasteiger partial charge in [0.25, 0.3) is 0 Å². The summed E-state index contributed by atoms with van der Waals surface area (Å²) in [6.07, 6.45) is 0. The zero-order valence-electron chi connectivity index (χ0n) is 28.4. The first-order valence-electron chi connectivity index (χ1n) is 16.0. The van der Waals surface area contributed by atoms with Gasteiger partial charge in [-0.2, -0.15) is 5.80 Å². The minimum absolute atomic E-state index is 0. The second-order valence-corrected chi connectivity index (χ2v) is 22.8. The third-order valence-corrected chi connectivity index (χ3v) is 23.6. The quantitative estimate of drug-likeness (QED) is 0.107. The smallest absolute Gasteiger partial charge is 0.161 e. The van der Waals surface area contributed by atoms with E-state index in [1.165, 1.54) is 5.30 Å². The van der Waals surface area contributed by atoms with Gasteiger partial charge >= 0.3 is 0 Å². The van der Waals surface area contributed by atoms with Crippen LogP contribution in [-0.4, -0.2) is 5.14 Å². The average Bonchev–Trinajstić information content (AvgIpc) is 3.67. The fraction of sp³-hybridized carbons (Fsp3) is 0.0476. The molecule has 1 unspecified atom stereocenters. The second-order valence-electron chi connectivity index (χ2n) is 11.6. The van der Waals surface area contributed by atoms with Gasteiger partial charge in [0, 0.05) is 58.0 Å². The number of hydrogen-bond acceptors (Lipinski definition) is 3. The Labute approximate surface area is 340 Å². The Bertz CT molecular complexity index is 1850. The molecule has 0 aliphatic heterocycles. The van der Waals surface area contributed by atoms with E-state index in [2.05, 4.69) is 18.8 Å². The average molecular weight is 878 g/mol. The van der Waals surface area contributed by atoms with E-state index >= 15 is 13.7 Å². The summed E-state index contributed by atoms with van der Waals surface area (Å²) in [6.45, 7) is 2.10. The summed E-state index contributed by atoms with van der Waals surface area (Å²) in [5.41, 5.74) is 0. The first-order chi connectivity index (χ1) is 23.9. The Hall–Kier alpha value is -2.75. The van der Waals surface area contributed by atoms with Crippen molar-refractivity contribution in [3.8, 4) is 0 Å². The van der Waals surface area contributed by atoms with Crippen LogP contribution >= 0.6 is 54.4 Å². The molecule has 0 radical (unpaired) electrons. The summed E-state index contributed by atoms with van der Waals surface area (Å²) >= 11 is 0. The first-order valence-corrected chi connectivity index (χ1v) is 22.4. The van der Waals surface area contributed by atoms with Crippen LogP contribution in [0.1, 0.15) is 5.30 Å². The minimum atomic E-state index is -3.97. The summed E-state index contributed by atoms with van der Waals surface area (Å²) in [6, 6.07) is 60.2. The van der Waals surface area contributed by atoms with Crippen LogP contribution in [0, 0.1) is 13.0 Å². The summed E-state index contributed by atoms with van der Waals surface area (Å²) in [5, 5.41) is 3.17. The second kappa shape index (κ2) is 20.1. The van der Waals surface area contributed by atoms with Crippen LogP contribution in [0.2, 0.25) is 0 Å². The molecular formula is C42H39Cl2O3P4Zr-. The van der Waals surface area contributed by atoms with E-state index in [-0.39, 0.29) is 51.0 Å². The van der Waals surface area contributed by atoms with Gasteiger partial charge in [-0.3, -0.25) is 0 Å². The van der Waals surface area contributed by atoms with E-state index < -0.39 is 26.6 Å². The molecule has 10 heteroatoms. The number of aryl methyl sites for hydroxylation is 1. The van der Waals surface area contributed by atoms with Crippen molar-refractivity contribution in [1.82, 2.24) is 0 Å². The molecule has 0 saturated heterocycles. The van der Waals surface area contributed by atoms with Crippen molar-refractivity contribution in [3.63, 3.8) is 0 Å². The fourth-order valence-electron chi connectivity index (χ4n) is 6.21. The predicted octanol–water partition coefficient (Wildman–Crippen LogP) is 9.98. The Morgan fingerprint density at radius 1 is 0.423 bits per heavy atom. The fourth-order valence-corrected chi connectivity index (χ4v) is 23.3. The van der Waals surface area contributed by atoms with Crippen molar-refractivity contribution in [2.45, 2.75) is 12.1 Å². The largest absolute Gasteiger partial charge is 0.312 e. The molecule has 1 atom stereocenters. The van der Waals surface area contributed by atoms with Gasteiger partial charge in [-0.15, -0.1) is 30.1 Å². The van der Waals surface area contributed by atoms with Crippen molar-refractivity contribution in [3.05, 3.63) is 205 Å². The molecule has 264 valence electrons. The molecule has 0 fully saturated rings. The topological polar surface area (TPSA) is 51.2 Å². The molecule has 0 spiro atoms. The van der Waals surface area contributed by atoms with Gasteiger partial charge in [0.15, 0.2) is 21.4 Å². The van der Waals surface area contributed by atoms with E-state index in [4.69, 9.17) is 0 Å². The normalized spacial score (nSPS) is 11.3. The summed E-state index contributed by atoms with van der Waals surface area (Å²) in [7, 11) is -11.0. The number of halogens is 2. The van der Waals surface area contributed by atoms with E-state index in [1.807, 2.05) is 188 Å². The molecule has 1 heterocycles. The van der Waals surface area contributed by atoms with Crippen LogP contribution in [0.15, 0.2) is 194 Å². The molecule has 0 aliphatic carbocycles. The molecule has 0 amide bonds. The van der Waals surface area contributed by atoms with E-state index in [0.29, 0.717) is 31.8 Å². The Morgan fingerprint density at radius 3 is 0.769 bits per heavy atom. The molecule has 52 heavy (non-hydrogen) atoms. The van der Waals surface area contributed by atoms with Crippen LogP contribution in [0.4, 0.5) is 0 Å². The minimum Gasteiger partial charge on any atom is -0.312 e. The van der Waals surface area contributed by atoms with Crippen molar-refractivity contribution in [2.75, 3.05) is 0 Å². The van der Waals surface area contributed by atoms with Crippen molar-refractivity contribution >= 4 is 86.3 Å². The molecule has 1 aromatic heterocycles. The predicted molar refractivity (Wildman–Crippen MR) is 227 cm³/mol. The van der Waals surface area contributed by atoms with Crippen molar-refractivity contribution < 1.29 is 39.9 Å². The molecule has 7 aromatic rings. The van der Waals surface area contributed by atoms with Crippen LogP contribution in [0.3, 0.4) is 0 Å². The molecule has 0 saturated carbocycles. The maximum Gasteiger partial charge on any atom is 0.161 e. The van der Waals surface area contributed by atoms with Gasteiger partial charge in [-0.05, 0) is 0 Å². The molecular weight excluding hydrogens is 838 g/mol. The third kappa shape index (κ3) is 8.95. The first kappa shape index (κ1) is 43.7. The van der Waals surface area contributed by atoms with Crippen LogP contribution in [0.25, 0.3) is 0 Å². The van der Waals surface area contributed by atoms with Gasteiger partial charge in [0.05, 0.1) is 0 Å². The molecule has 0 N–H and O–H groups in total. The van der Waals surface area contributed by atoms with Gasteiger partial charge in [0.2, 0.25) is 0 Å². The Kier molecular flexibility index (Phi) is 16.9. The zero-order chi connectivity index (χ0) is 34.2. The van der Waals surface area contributed by atoms with E-state index in [9.17, 15) is 0 Å². The van der Waals surface area contributed by atoms with E-state index in [0.717, 1.165) is 8.19 Å².